The third-order valence-corrected chi connectivity index (χ3v) is 6.72. The molecule has 1 fully saturated rings. The molecule has 6 nitrogen and oxygen atoms in total. The van der Waals surface area contributed by atoms with E-state index in [4.69, 9.17) is 4.74 Å². The number of rotatable bonds is 6. The number of ether oxygens (including phenoxy) is 1. The van der Waals surface area contributed by atoms with Gasteiger partial charge in [-0.25, -0.2) is 13.4 Å². The van der Waals surface area contributed by atoms with Crippen molar-refractivity contribution < 1.29 is 13.2 Å². The first-order valence-electron chi connectivity index (χ1n) is 8.68. The van der Waals surface area contributed by atoms with Gasteiger partial charge < -0.3 is 9.30 Å². The summed E-state index contributed by atoms with van der Waals surface area (Å²) in [4.78, 5) is 4.65. The predicted molar refractivity (Wildman–Crippen MR) is 96.1 cm³/mol. The third-order valence-electron chi connectivity index (χ3n) is 4.83. The number of hydrogen-bond acceptors (Lipinski definition) is 4. The van der Waals surface area contributed by atoms with Crippen LogP contribution in [0.1, 0.15) is 25.6 Å². The Bertz CT molecular complexity index is 808. The number of imidazole rings is 1. The molecule has 136 valence electrons. The van der Waals surface area contributed by atoms with Gasteiger partial charge in [-0.1, -0.05) is 13.0 Å². The summed E-state index contributed by atoms with van der Waals surface area (Å²) in [7, 11) is -1.92. The summed E-state index contributed by atoms with van der Waals surface area (Å²) < 4.78 is 34.6. The molecule has 0 N–H and O–H groups in total. The smallest absolute Gasteiger partial charge is 0.243 e. The highest BCUT2D eigenvalue weighted by atomic mass is 32.2. The van der Waals surface area contributed by atoms with Crippen LogP contribution in [0.3, 0.4) is 0 Å². The second-order valence-corrected chi connectivity index (χ2v) is 8.31. The summed E-state index contributed by atoms with van der Waals surface area (Å²) in [5.74, 6) is 2.13. The van der Waals surface area contributed by atoms with Crippen LogP contribution >= 0.6 is 0 Å². The lowest BCUT2D eigenvalue weighted by molar-refractivity contribution is 0.251. The van der Waals surface area contributed by atoms with Gasteiger partial charge in [-0.3, -0.25) is 0 Å². The summed E-state index contributed by atoms with van der Waals surface area (Å²) in [5, 5.41) is 0. The van der Waals surface area contributed by atoms with Crippen LogP contribution in [0.4, 0.5) is 0 Å². The Morgan fingerprint density at radius 1 is 1.28 bits per heavy atom. The molecular weight excluding hydrogens is 338 g/mol. The van der Waals surface area contributed by atoms with Gasteiger partial charge in [0.1, 0.15) is 11.6 Å². The number of methoxy groups -OCH3 is 1. The molecular formula is C18H25N3O3S. The zero-order valence-corrected chi connectivity index (χ0v) is 15.6. The van der Waals surface area contributed by atoms with Crippen LogP contribution < -0.4 is 4.74 Å². The SMILES string of the molecule is CCc1nccn1CC1CCN(S(=O)(=O)c2cccc(OC)c2)CC1. The second-order valence-electron chi connectivity index (χ2n) is 6.38. The van der Waals surface area contributed by atoms with Crippen LogP contribution in [0.2, 0.25) is 0 Å². The largest absolute Gasteiger partial charge is 0.497 e. The van der Waals surface area contributed by atoms with Crippen molar-refractivity contribution in [2.45, 2.75) is 37.6 Å². The first-order chi connectivity index (χ1) is 12.0. The van der Waals surface area contributed by atoms with Gasteiger partial charge >= 0.3 is 0 Å². The molecule has 0 aliphatic carbocycles. The van der Waals surface area contributed by atoms with Crippen LogP contribution in [0, 0.1) is 5.92 Å². The predicted octanol–water partition coefficient (Wildman–Crippen LogP) is 2.56. The fourth-order valence-corrected chi connectivity index (χ4v) is 4.85. The lowest BCUT2D eigenvalue weighted by Gasteiger charge is -2.31. The summed E-state index contributed by atoms with van der Waals surface area (Å²) in [6, 6.07) is 6.68. The minimum absolute atomic E-state index is 0.299. The van der Waals surface area contributed by atoms with Crippen molar-refractivity contribution in [3.63, 3.8) is 0 Å². The monoisotopic (exact) mass is 363 g/mol. The fraction of sp³-hybridized carbons (Fsp3) is 0.500. The van der Waals surface area contributed by atoms with Gasteiger partial charge in [0.2, 0.25) is 10.0 Å². The number of hydrogen-bond donors (Lipinski definition) is 0. The maximum atomic E-state index is 12.8. The van der Waals surface area contributed by atoms with Gasteiger partial charge in [0.25, 0.3) is 0 Å². The molecule has 0 radical (unpaired) electrons. The normalized spacial score (nSPS) is 16.9. The van der Waals surface area contributed by atoms with E-state index >= 15 is 0 Å². The summed E-state index contributed by atoms with van der Waals surface area (Å²) >= 11 is 0. The van der Waals surface area contributed by atoms with E-state index in [9.17, 15) is 8.42 Å². The molecule has 1 aromatic carbocycles. The molecule has 2 heterocycles. The molecule has 1 aromatic heterocycles. The quantitative estimate of drug-likeness (QED) is 0.791. The highest BCUT2D eigenvalue weighted by Crippen LogP contribution is 2.26. The maximum absolute atomic E-state index is 12.8. The van der Waals surface area contributed by atoms with E-state index in [1.54, 1.807) is 28.6 Å². The van der Waals surface area contributed by atoms with Gasteiger partial charge in [0, 0.05) is 44.5 Å². The van der Waals surface area contributed by atoms with E-state index in [0.29, 0.717) is 29.7 Å². The van der Waals surface area contributed by atoms with Crippen molar-refractivity contribution >= 4 is 10.0 Å². The second kappa shape index (κ2) is 7.58. The lowest BCUT2D eigenvalue weighted by Crippen LogP contribution is -2.39. The van der Waals surface area contributed by atoms with Crippen molar-refractivity contribution in [2.75, 3.05) is 20.2 Å². The summed E-state index contributed by atoms with van der Waals surface area (Å²) in [5.41, 5.74) is 0. The summed E-state index contributed by atoms with van der Waals surface area (Å²) in [6.07, 6.45) is 6.49. The summed E-state index contributed by atoms with van der Waals surface area (Å²) in [6.45, 7) is 4.12. The molecule has 0 atom stereocenters. The highest BCUT2D eigenvalue weighted by Gasteiger charge is 2.29. The Hall–Kier alpha value is -1.86. The van der Waals surface area contributed by atoms with E-state index in [2.05, 4.69) is 16.5 Å². The van der Waals surface area contributed by atoms with Crippen molar-refractivity contribution in [1.29, 1.82) is 0 Å². The average Bonchev–Trinajstić information content (AvgIpc) is 3.09. The highest BCUT2D eigenvalue weighted by molar-refractivity contribution is 7.89. The molecule has 2 aromatic rings. The van der Waals surface area contributed by atoms with Gasteiger partial charge in [-0.05, 0) is 30.9 Å². The number of aromatic nitrogens is 2. The van der Waals surface area contributed by atoms with Crippen LogP contribution in [0.15, 0.2) is 41.6 Å². The Morgan fingerprint density at radius 3 is 2.72 bits per heavy atom. The minimum Gasteiger partial charge on any atom is -0.497 e. The maximum Gasteiger partial charge on any atom is 0.243 e. The molecule has 0 saturated carbocycles. The molecule has 1 aliphatic rings. The first kappa shape index (κ1) is 17.9. The molecule has 3 rings (SSSR count). The molecule has 0 amide bonds. The number of sulfonamides is 1. The average molecular weight is 363 g/mol. The molecule has 0 spiro atoms. The molecule has 0 bridgehead atoms. The fourth-order valence-electron chi connectivity index (χ4n) is 3.34. The van der Waals surface area contributed by atoms with Gasteiger partial charge in [0.15, 0.2) is 0 Å². The standard InChI is InChI=1S/C18H25N3O3S/c1-3-18-19-9-12-20(18)14-15-7-10-21(11-8-15)25(22,23)17-6-4-5-16(13-17)24-2/h4-6,9,12-13,15H,3,7-8,10-11,14H2,1-2H3. The number of benzene rings is 1. The Balaban J connectivity index is 1.65. The van der Waals surface area contributed by atoms with Crippen molar-refractivity contribution in [3.8, 4) is 5.75 Å². The lowest BCUT2D eigenvalue weighted by atomic mass is 9.98. The first-order valence-corrected chi connectivity index (χ1v) is 10.1. The third kappa shape index (κ3) is 3.88. The molecule has 7 heteroatoms. The van der Waals surface area contributed by atoms with Gasteiger partial charge in [0.05, 0.1) is 12.0 Å². The Kier molecular flexibility index (Phi) is 5.44. The zero-order chi connectivity index (χ0) is 17.9. The molecule has 1 aliphatic heterocycles. The minimum atomic E-state index is -3.46. The Morgan fingerprint density at radius 2 is 2.04 bits per heavy atom. The number of piperidine rings is 1. The van der Waals surface area contributed by atoms with Gasteiger partial charge in [-0.15, -0.1) is 0 Å². The van der Waals surface area contributed by atoms with Crippen LogP contribution in [0.5, 0.6) is 5.75 Å². The number of aryl methyl sites for hydroxylation is 1. The molecule has 1 saturated heterocycles. The van der Waals surface area contributed by atoms with E-state index in [0.717, 1.165) is 31.6 Å². The molecule has 0 unspecified atom stereocenters. The van der Waals surface area contributed by atoms with Crippen LogP contribution in [-0.2, 0) is 23.0 Å². The van der Waals surface area contributed by atoms with Crippen molar-refractivity contribution in [2.24, 2.45) is 5.92 Å². The van der Waals surface area contributed by atoms with Crippen molar-refractivity contribution in [3.05, 3.63) is 42.5 Å². The van der Waals surface area contributed by atoms with E-state index in [1.165, 1.54) is 7.11 Å². The van der Waals surface area contributed by atoms with Crippen molar-refractivity contribution in [1.82, 2.24) is 13.9 Å². The Labute approximate surface area is 149 Å². The van der Waals surface area contributed by atoms with Crippen LogP contribution in [-0.4, -0.2) is 42.5 Å². The van der Waals surface area contributed by atoms with Crippen LogP contribution in [0.25, 0.3) is 0 Å². The number of nitrogens with zero attached hydrogens (tertiary/aromatic N) is 3. The topological polar surface area (TPSA) is 64.4 Å². The van der Waals surface area contributed by atoms with E-state index < -0.39 is 10.0 Å². The van der Waals surface area contributed by atoms with E-state index in [1.807, 2.05) is 12.4 Å². The van der Waals surface area contributed by atoms with Gasteiger partial charge in [-0.2, -0.15) is 4.31 Å². The zero-order valence-electron chi connectivity index (χ0n) is 14.8. The molecule has 25 heavy (non-hydrogen) atoms. The van der Waals surface area contributed by atoms with E-state index in [-0.39, 0.29) is 0 Å².